The minimum atomic E-state index is 0. The van der Waals surface area contributed by atoms with Crippen molar-refractivity contribution in [3.63, 3.8) is 0 Å². The number of hydrogen-bond donors (Lipinski definition) is 0. The molecule has 3 rings (SSSR count). The summed E-state index contributed by atoms with van der Waals surface area (Å²) in [4.78, 5) is 26.5. The molecule has 0 aromatic heterocycles. The van der Waals surface area contributed by atoms with Crippen LogP contribution in [-0.2, 0) is 9.59 Å². The van der Waals surface area contributed by atoms with Gasteiger partial charge >= 0.3 is 5.91 Å². The number of benzene rings is 1. The van der Waals surface area contributed by atoms with Crippen molar-refractivity contribution in [3.05, 3.63) is 42.1 Å². The molecular formula is C16H20ClN3O2. The van der Waals surface area contributed by atoms with Gasteiger partial charge in [0.05, 0.1) is 18.8 Å². The van der Waals surface area contributed by atoms with Crippen LogP contribution < -0.4 is 17.0 Å². The van der Waals surface area contributed by atoms with Gasteiger partial charge in [0.1, 0.15) is 0 Å². The van der Waals surface area contributed by atoms with E-state index in [1.807, 2.05) is 49.3 Å². The molecule has 0 bridgehead atoms. The number of carbonyl (C=O) groups is 2. The maximum Gasteiger partial charge on any atom is 0.371 e. The van der Waals surface area contributed by atoms with Crippen LogP contribution >= 0.6 is 0 Å². The monoisotopic (exact) mass is 321 g/mol. The largest absolute Gasteiger partial charge is 1.00 e. The van der Waals surface area contributed by atoms with Gasteiger partial charge in [-0.3, -0.25) is 9.69 Å². The highest BCUT2D eigenvalue weighted by Gasteiger charge is 2.50. The Labute approximate surface area is 136 Å². The third kappa shape index (κ3) is 2.40. The topological polar surface area (TPSA) is 40.6 Å². The van der Waals surface area contributed by atoms with Gasteiger partial charge in [-0.05, 0) is 13.3 Å². The Balaban J connectivity index is 0.00000176. The Morgan fingerprint density at radius 2 is 1.86 bits per heavy atom. The molecule has 0 N–H and O–H groups in total. The van der Waals surface area contributed by atoms with Crippen molar-refractivity contribution in [2.24, 2.45) is 0 Å². The number of allylic oxidation sites excluding steroid dienone is 1. The first-order valence-corrected chi connectivity index (χ1v) is 7.24. The second kappa shape index (κ2) is 6.10. The lowest BCUT2D eigenvalue weighted by molar-refractivity contribution is -0.142. The Kier molecular flexibility index (Phi) is 4.58. The van der Waals surface area contributed by atoms with E-state index >= 15 is 0 Å². The number of rotatable bonds is 3. The van der Waals surface area contributed by atoms with E-state index < -0.39 is 0 Å². The van der Waals surface area contributed by atoms with Crippen LogP contribution in [0.15, 0.2) is 42.1 Å². The van der Waals surface area contributed by atoms with Gasteiger partial charge in [-0.1, -0.05) is 18.2 Å². The van der Waals surface area contributed by atoms with Gasteiger partial charge in [0, 0.05) is 25.1 Å². The second-order valence-electron chi connectivity index (χ2n) is 5.65. The third-order valence-electron chi connectivity index (χ3n) is 4.45. The highest BCUT2D eigenvalue weighted by atomic mass is 35.5. The summed E-state index contributed by atoms with van der Waals surface area (Å²) in [6, 6.07) is 9.68. The minimum absolute atomic E-state index is 0. The number of carbonyl (C=O) groups excluding carboxylic acids is 2. The molecule has 22 heavy (non-hydrogen) atoms. The maximum atomic E-state index is 12.7. The van der Waals surface area contributed by atoms with Gasteiger partial charge in [0.15, 0.2) is 12.4 Å². The van der Waals surface area contributed by atoms with Crippen molar-refractivity contribution in [1.29, 1.82) is 0 Å². The molecule has 0 radical (unpaired) electrons. The molecule has 2 aliphatic heterocycles. The van der Waals surface area contributed by atoms with Crippen LogP contribution in [0.4, 0.5) is 5.69 Å². The molecule has 118 valence electrons. The molecule has 1 aromatic rings. The lowest BCUT2D eigenvalue weighted by Gasteiger charge is -2.39. The van der Waals surface area contributed by atoms with E-state index in [-0.39, 0.29) is 28.8 Å². The zero-order chi connectivity index (χ0) is 15.0. The molecule has 2 heterocycles. The van der Waals surface area contributed by atoms with Crippen LogP contribution in [0.5, 0.6) is 0 Å². The van der Waals surface area contributed by atoms with E-state index in [1.165, 1.54) is 0 Å². The van der Waals surface area contributed by atoms with Gasteiger partial charge in [-0.2, -0.15) is 0 Å². The second-order valence-corrected chi connectivity index (χ2v) is 5.65. The van der Waals surface area contributed by atoms with E-state index in [4.69, 9.17) is 0 Å². The van der Waals surface area contributed by atoms with E-state index in [2.05, 4.69) is 0 Å². The van der Waals surface area contributed by atoms with Crippen LogP contribution in [0.2, 0.25) is 0 Å². The fourth-order valence-electron chi connectivity index (χ4n) is 3.12. The highest BCUT2D eigenvalue weighted by molar-refractivity contribution is 5.99. The molecule has 1 unspecified atom stereocenters. The summed E-state index contributed by atoms with van der Waals surface area (Å²) in [5, 5.41) is 1.95. The van der Waals surface area contributed by atoms with Crippen LogP contribution in [0, 0.1) is 0 Å². The van der Waals surface area contributed by atoms with Crippen molar-refractivity contribution in [3.8, 4) is 0 Å². The first-order valence-electron chi connectivity index (χ1n) is 7.24. The number of nitrogens with zero attached hydrogens (tertiary/aromatic N) is 3. The molecule has 1 saturated heterocycles. The van der Waals surface area contributed by atoms with Gasteiger partial charge in [0.25, 0.3) is 0 Å². The molecule has 5 nitrogen and oxygen atoms in total. The van der Waals surface area contributed by atoms with Gasteiger partial charge in [-0.25, -0.2) is 9.80 Å². The molecule has 0 spiro atoms. The predicted molar refractivity (Wildman–Crippen MR) is 80.6 cm³/mol. The lowest BCUT2D eigenvalue weighted by atomic mass is 10.2. The van der Waals surface area contributed by atoms with Crippen molar-refractivity contribution in [1.82, 2.24) is 14.5 Å². The average molecular weight is 322 g/mol. The highest BCUT2D eigenvalue weighted by Crippen LogP contribution is 2.34. The zero-order valence-corrected chi connectivity index (χ0v) is 13.6. The Morgan fingerprint density at radius 1 is 1.18 bits per heavy atom. The standard InChI is InChI=1S/C16H20N3O2.ClH/c1-13-11-16(21)19(17(13)2,14-7-4-3-5-8-14)12-18-10-6-9-15(18)20;/h3-5,7-8,11H,6,9-10,12H2,1-2H3;1H/q+1;/p-1. The summed E-state index contributed by atoms with van der Waals surface area (Å²) < 4.78 is 0.0401. The van der Waals surface area contributed by atoms with E-state index in [0.717, 1.165) is 24.4 Å². The van der Waals surface area contributed by atoms with Crippen LogP contribution in [0.1, 0.15) is 19.8 Å². The van der Waals surface area contributed by atoms with Crippen molar-refractivity contribution in [2.45, 2.75) is 19.8 Å². The van der Waals surface area contributed by atoms with E-state index in [1.54, 1.807) is 11.0 Å². The molecule has 6 heteroatoms. The number of likely N-dealkylation sites (tertiary alicyclic amines) is 1. The third-order valence-corrected chi connectivity index (χ3v) is 4.45. The summed E-state index contributed by atoms with van der Waals surface area (Å²) in [6.45, 7) is 3.02. The van der Waals surface area contributed by atoms with Crippen molar-refractivity contribution < 1.29 is 22.0 Å². The van der Waals surface area contributed by atoms with Crippen molar-refractivity contribution >= 4 is 17.5 Å². The molecule has 2 aliphatic rings. The molecule has 1 atom stereocenters. The molecule has 1 aromatic carbocycles. The van der Waals surface area contributed by atoms with Gasteiger partial charge < -0.3 is 12.4 Å². The minimum Gasteiger partial charge on any atom is -1.00 e. The summed E-state index contributed by atoms with van der Waals surface area (Å²) >= 11 is 0. The van der Waals surface area contributed by atoms with Crippen LogP contribution in [-0.4, -0.2) is 42.0 Å². The smallest absolute Gasteiger partial charge is 0.371 e. The van der Waals surface area contributed by atoms with E-state index in [9.17, 15) is 9.59 Å². The molecule has 2 amide bonds. The summed E-state index contributed by atoms with van der Waals surface area (Å²) in [5.41, 5.74) is 1.80. The number of hydrogen-bond acceptors (Lipinski definition) is 3. The molecule has 0 aliphatic carbocycles. The predicted octanol–water partition coefficient (Wildman–Crippen LogP) is -1.13. The zero-order valence-electron chi connectivity index (χ0n) is 12.8. The summed E-state index contributed by atoms with van der Waals surface area (Å²) in [7, 11) is 1.91. The molecule has 1 fully saturated rings. The van der Waals surface area contributed by atoms with Gasteiger partial charge in [0.2, 0.25) is 5.91 Å². The Morgan fingerprint density at radius 3 is 2.36 bits per heavy atom. The number of quaternary nitrogens is 1. The van der Waals surface area contributed by atoms with Crippen molar-refractivity contribution in [2.75, 3.05) is 20.3 Å². The normalized spacial score (nSPS) is 24.5. The Hall–Kier alpha value is -1.85. The number of para-hydroxylation sites is 1. The number of amides is 2. The number of halogens is 1. The first-order chi connectivity index (χ1) is 10.1. The van der Waals surface area contributed by atoms with Crippen LogP contribution in [0.25, 0.3) is 0 Å². The summed E-state index contributed by atoms with van der Waals surface area (Å²) in [5.74, 6) is 0.134. The Bertz CT molecular complexity index is 617. The fourth-order valence-corrected chi connectivity index (χ4v) is 3.12. The summed E-state index contributed by atoms with van der Waals surface area (Å²) in [6.07, 6.45) is 3.12. The van der Waals surface area contributed by atoms with Gasteiger partial charge in [-0.15, -0.1) is 4.59 Å². The molecular weight excluding hydrogens is 302 g/mol. The molecule has 0 saturated carbocycles. The van der Waals surface area contributed by atoms with Crippen LogP contribution in [0.3, 0.4) is 0 Å². The SMILES string of the molecule is CC1=CC(=O)[N+](CN2CCCC2=O)(c2ccccc2)N1C.[Cl-]. The fraction of sp³-hybridized carbons (Fsp3) is 0.375. The maximum absolute atomic E-state index is 12.7. The first kappa shape index (κ1) is 16.5. The average Bonchev–Trinajstić information content (AvgIpc) is 2.98. The quantitative estimate of drug-likeness (QED) is 0.662. The van der Waals surface area contributed by atoms with E-state index in [0.29, 0.717) is 13.1 Å². The lowest BCUT2D eigenvalue weighted by Crippen LogP contribution is -3.00.